The number of rotatable bonds is 2. The molecule has 20 heavy (non-hydrogen) atoms. The van der Waals surface area contributed by atoms with E-state index in [4.69, 9.17) is 9.47 Å². The van der Waals surface area contributed by atoms with E-state index >= 15 is 0 Å². The molecule has 0 unspecified atom stereocenters. The third-order valence-electron chi connectivity index (χ3n) is 3.28. The van der Waals surface area contributed by atoms with Gasteiger partial charge in [-0.1, -0.05) is 30.3 Å². The molecule has 0 fully saturated rings. The molecule has 0 atom stereocenters. The van der Waals surface area contributed by atoms with E-state index in [0.717, 1.165) is 35.5 Å². The van der Waals surface area contributed by atoms with Crippen LogP contribution in [0.5, 0.6) is 5.75 Å². The Labute approximate surface area is 117 Å². The Hall–Kier alpha value is -2.30. The molecule has 1 aromatic carbocycles. The van der Waals surface area contributed by atoms with E-state index in [1.54, 1.807) is 0 Å². The Morgan fingerprint density at radius 2 is 2.20 bits per heavy atom. The molecule has 0 bridgehead atoms. The van der Waals surface area contributed by atoms with E-state index in [0.29, 0.717) is 6.61 Å². The number of benzene rings is 1. The fourth-order valence-corrected chi connectivity index (χ4v) is 2.31. The van der Waals surface area contributed by atoms with E-state index in [-0.39, 0.29) is 6.61 Å². The zero-order chi connectivity index (χ0) is 13.9. The van der Waals surface area contributed by atoms with Gasteiger partial charge in [-0.3, -0.25) is 0 Å². The summed E-state index contributed by atoms with van der Waals surface area (Å²) in [4.78, 5) is 12.1. The van der Waals surface area contributed by atoms with Crippen LogP contribution in [0.25, 0.3) is 0 Å². The number of ether oxygens (including phenoxy) is 2. The molecule has 0 saturated heterocycles. The monoisotopic (exact) mass is 272 g/mol. The smallest absolute Gasteiger partial charge is 0.435 e. The van der Waals surface area contributed by atoms with Gasteiger partial charge in [0, 0.05) is 0 Å². The number of aryl methyl sites for hydroxylation is 1. The minimum absolute atomic E-state index is 0.244. The molecule has 104 valence electrons. The Kier molecular flexibility index (Phi) is 3.41. The number of aromatic nitrogens is 2. The van der Waals surface area contributed by atoms with Crippen molar-refractivity contribution >= 4 is 6.09 Å². The fourth-order valence-electron chi connectivity index (χ4n) is 2.31. The lowest BCUT2D eigenvalue weighted by Gasteiger charge is -2.14. The van der Waals surface area contributed by atoms with Crippen molar-refractivity contribution in [3.05, 3.63) is 47.3 Å². The standard InChI is InChI=1S/C15H16N2O3/c1-11-14-13(8-5-9-19-14)17(16-11)15(18)20-10-12-6-3-2-4-7-12/h2-4,6-7H,5,8-10H2,1H3. The van der Waals surface area contributed by atoms with Crippen molar-refractivity contribution in [2.45, 2.75) is 26.4 Å². The van der Waals surface area contributed by atoms with Gasteiger partial charge in [-0.05, 0) is 25.3 Å². The molecule has 0 aliphatic carbocycles. The van der Waals surface area contributed by atoms with Crippen LogP contribution in [0.15, 0.2) is 30.3 Å². The second kappa shape index (κ2) is 5.36. The summed E-state index contributed by atoms with van der Waals surface area (Å²) in [6.45, 7) is 2.76. The number of fused-ring (bicyclic) bond motifs is 1. The van der Waals surface area contributed by atoms with E-state index in [9.17, 15) is 4.79 Å². The van der Waals surface area contributed by atoms with Crippen molar-refractivity contribution in [3.63, 3.8) is 0 Å². The third kappa shape index (κ3) is 2.39. The normalized spacial score (nSPS) is 13.4. The summed E-state index contributed by atoms with van der Waals surface area (Å²) in [5, 5.41) is 4.22. The first-order valence-electron chi connectivity index (χ1n) is 6.68. The molecule has 5 nitrogen and oxygen atoms in total. The number of carbonyl (C=O) groups excluding carboxylic acids is 1. The first-order valence-corrected chi connectivity index (χ1v) is 6.68. The molecule has 1 aromatic heterocycles. The molecule has 1 aliphatic rings. The molecular weight excluding hydrogens is 256 g/mol. The van der Waals surface area contributed by atoms with E-state index in [2.05, 4.69) is 5.10 Å². The van der Waals surface area contributed by atoms with Crippen molar-refractivity contribution < 1.29 is 14.3 Å². The lowest BCUT2D eigenvalue weighted by molar-refractivity contribution is 0.136. The van der Waals surface area contributed by atoms with Gasteiger partial charge in [0.2, 0.25) is 0 Å². The van der Waals surface area contributed by atoms with Crippen molar-refractivity contribution in [1.29, 1.82) is 0 Å². The van der Waals surface area contributed by atoms with Crippen molar-refractivity contribution in [1.82, 2.24) is 9.78 Å². The molecule has 0 radical (unpaired) electrons. The molecule has 0 spiro atoms. The summed E-state index contributed by atoms with van der Waals surface area (Å²) >= 11 is 0. The Morgan fingerprint density at radius 1 is 1.40 bits per heavy atom. The van der Waals surface area contributed by atoms with Crippen LogP contribution >= 0.6 is 0 Å². The van der Waals surface area contributed by atoms with Gasteiger partial charge in [-0.2, -0.15) is 9.78 Å². The second-order valence-electron chi connectivity index (χ2n) is 4.77. The SMILES string of the molecule is Cc1nn(C(=O)OCc2ccccc2)c2c1OCCC2. The molecule has 0 amide bonds. The van der Waals surface area contributed by atoms with Gasteiger partial charge in [0.25, 0.3) is 0 Å². The average molecular weight is 272 g/mol. The molecule has 0 saturated carbocycles. The minimum atomic E-state index is -0.455. The van der Waals surface area contributed by atoms with Crippen LogP contribution in [0, 0.1) is 6.92 Å². The summed E-state index contributed by atoms with van der Waals surface area (Å²) < 4.78 is 12.2. The highest BCUT2D eigenvalue weighted by molar-refractivity contribution is 5.71. The maximum absolute atomic E-state index is 12.1. The number of nitrogens with zero attached hydrogens (tertiary/aromatic N) is 2. The van der Waals surface area contributed by atoms with Gasteiger partial charge < -0.3 is 9.47 Å². The maximum Gasteiger partial charge on any atom is 0.435 e. The zero-order valence-corrected chi connectivity index (χ0v) is 11.3. The Morgan fingerprint density at radius 3 is 3.00 bits per heavy atom. The summed E-state index contributed by atoms with van der Waals surface area (Å²) in [6, 6.07) is 9.59. The molecule has 0 N–H and O–H groups in total. The molecule has 3 rings (SSSR count). The highest BCUT2D eigenvalue weighted by Gasteiger charge is 2.24. The van der Waals surface area contributed by atoms with Gasteiger partial charge in [0.15, 0.2) is 5.75 Å². The number of hydrogen-bond donors (Lipinski definition) is 0. The van der Waals surface area contributed by atoms with Gasteiger partial charge in [-0.15, -0.1) is 0 Å². The quantitative estimate of drug-likeness (QED) is 0.843. The van der Waals surface area contributed by atoms with Crippen molar-refractivity contribution in [3.8, 4) is 5.75 Å². The van der Waals surface area contributed by atoms with Crippen molar-refractivity contribution in [2.75, 3.05) is 6.61 Å². The first kappa shape index (κ1) is 12.7. The predicted octanol–water partition coefficient (Wildman–Crippen LogP) is 2.70. The molecular formula is C15H16N2O3. The number of hydrogen-bond acceptors (Lipinski definition) is 4. The van der Waals surface area contributed by atoms with Gasteiger partial charge >= 0.3 is 6.09 Å². The predicted molar refractivity (Wildman–Crippen MR) is 72.8 cm³/mol. The molecule has 2 heterocycles. The van der Waals surface area contributed by atoms with Gasteiger partial charge in [0.05, 0.1) is 12.3 Å². The van der Waals surface area contributed by atoms with Gasteiger partial charge in [-0.25, -0.2) is 4.79 Å². The van der Waals surface area contributed by atoms with Crippen LogP contribution in [0.3, 0.4) is 0 Å². The lowest BCUT2D eigenvalue weighted by Crippen LogP contribution is -2.20. The maximum atomic E-state index is 12.1. The zero-order valence-electron chi connectivity index (χ0n) is 11.3. The second-order valence-corrected chi connectivity index (χ2v) is 4.77. The summed E-state index contributed by atoms with van der Waals surface area (Å²) in [7, 11) is 0. The Balaban J connectivity index is 1.74. The highest BCUT2D eigenvalue weighted by Crippen LogP contribution is 2.28. The molecule has 1 aliphatic heterocycles. The summed E-state index contributed by atoms with van der Waals surface area (Å²) in [5.74, 6) is 0.730. The van der Waals surface area contributed by atoms with Gasteiger partial charge in [0.1, 0.15) is 12.3 Å². The molecule has 5 heteroatoms. The lowest BCUT2D eigenvalue weighted by atomic mass is 10.2. The van der Waals surface area contributed by atoms with Crippen LogP contribution in [-0.2, 0) is 17.8 Å². The summed E-state index contributed by atoms with van der Waals surface area (Å²) in [6.07, 6.45) is 1.23. The van der Waals surface area contributed by atoms with E-state index in [1.165, 1.54) is 4.68 Å². The third-order valence-corrected chi connectivity index (χ3v) is 3.28. The minimum Gasteiger partial charge on any atom is -0.490 e. The average Bonchev–Trinajstić information content (AvgIpc) is 2.84. The van der Waals surface area contributed by atoms with Crippen LogP contribution < -0.4 is 4.74 Å². The van der Waals surface area contributed by atoms with E-state index in [1.807, 2.05) is 37.3 Å². The van der Waals surface area contributed by atoms with E-state index < -0.39 is 6.09 Å². The van der Waals surface area contributed by atoms with Crippen LogP contribution in [0.2, 0.25) is 0 Å². The van der Waals surface area contributed by atoms with Crippen LogP contribution in [0.4, 0.5) is 4.79 Å². The van der Waals surface area contributed by atoms with Crippen molar-refractivity contribution in [2.24, 2.45) is 0 Å². The summed E-state index contributed by atoms with van der Waals surface area (Å²) in [5.41, 5.74) is 2.50. The van der Waals surface area contributed by atoms with Crippen LogP contribution in [0.1, 0.15) is 23.4 Å². The van der Waals surface area contributed by atoms with Crippen LogP contribution in [-0.4, -0.2) is 22.5 Å². The Bertz CT molecular complexity index is 620. The number of carbonyl (C=O) groups is 1. The first-order chi connectivity index (χ1) is 9.75. The topological polar surface area (TPSA) is 53.4 Å². The largest absolute Gasteiger partial charge is 0.490 e. The highest BCUT2D eigenvalue weighted by atomic mass is 16.6. The fraction of sp³-hybridized carbons (Fsp3) is 0.333. The molecule has 2 aromatic rings.